The molecule has 0 fully saturated rings. The molecule has 2 aromatic carbocycles. The molecule has 0 unspecified atom stereocenters. The molecule has 0 atom stereocenters. The summed E-state index contributed by atoms with van der Waals surface area (Å²) in [7, 11) is 1.04. The lowest BCUT2D eigenvalue weighted by Crippen LogP contribution is -2.17. The second-order valence-electron chi connectivity index (χ2n) is 5.38. The number of methoxy groups -OCH3 is 1. The number of nitrogens with zero attached hydrogens (tertiary/aromatic N) is 1. The molecule has 0 saturated carbocycles. The van der Waals surface area contributed by atoms with Gasteiger partial charge in [-0.25, -0.2) is 18.4 Å². The first kappa shape index (κ1) is 19.8. The van der Waals surface area contributed by atoms with E-state index in [0.29, 0.717) is 23.3 Å². The van der Waals surface area contributed by atoms with Crippen LogP contribution in [0.4, 0.5) is 25.0 Å². The van der Waals surface area contributed by atoms with Crippen molar-refractivity contribution in [2.24, 2.45) is 0 Å². The molecule has 27 heavy (non-hydrogen) atoms. The molecular formula is C17H14F2N2O6. The molecule has 0 aliphatic heterocycles. The van der Waals surface area contributed by atoms with Gasteiger partial charge in [0, 0.05) is 17.7 Å². The predicted molar refractivity (Wildman–Crippen MR) is 89.3 cm³/mol. The van der Waals surface area contributed by atoms with E-state index in [1.807, 2.05) is 0 Å². The smallest absolute Gasteiger partial charge is 0.411 e. The lowest BCUT2D eigenvalue weighted by molar-refractivity contribution is -0.385. The monoisotopic (exact) mass is 380 g/mol. The third-order valence-corrected chi connectivity index (χ3v) is 3.53. The highest BCUT2D eigenvalue weighted by Crippen LogP contribution is 2.22. The van der Waals surface area contributed by atoms with Crippen LogP contribution in [0.15, 0.2) is 30.3 Å². The Morgan fingerprint density at radius 3 is 2.44 bits per heavy atom. The van der Waals surface area contributed by atoms with Crippen LogP contribution >= 0.6 is 0 Å². The zero-order valence-corrected chi connectivity index (χ0v) is 14.2. The molecule has 8 nitrogen and oxygen atoms in total. The van der Waals surface area contributed by atoms with E-state index in [0.717, 1.165) is 7.11 Å². The summed E-state index contributed by atoms with van der Waals surface area (Å²) in [4.78, 5) is 33.8. The molecule has 2 rings (SSSR count). The van der Waals surface area contributed by atoms with Gasteiger partial charge in [-0.2, -0.15) is 0 Å². The van der Waals surface area contributed by atoms with Crippen molar-refractivity contribution >= 4 is 23.4 Å². The molecule has 0 radical (unpaired) electrons. The lowest BCUT2D eigenvalue weighted by atomic mass is 10.1. The number of benzene rings is 2. The fraction of sp³-hybridized carbons (Fsp3) is 0.176. The van der Waals surface area contributed by atoms with Gasteiger partial charge >= 0.3 is 12.1 Å². The van der Waals surface area contributed by atoms with Crippen molar-refractivity contribution in [3.05, 3.63) is 68.8 Å². The summed E-state index contributed by atoms with van der Waals surface area (Å²) in [5, 5.41) is 12.9. The Labute approximate surface area is 151 Å². The largest absolute Gasteiger partial charge is 0.465 e. The van der Waals surface area contributed by atoms with Crippen LogP contribution in [0.2, 0.25) is 0 Å². The maximum absolute atomic E-state index is 13.4. The summed E-state index contributed by atoms with van der Waals surface area (Å²) >= 11 is 0. The van der Waals surface area contributed by atoms with Crippen molar-refractivity contribution < 1.29 is 32.8 Å². The van der Waals surface area contributed by atoms with Gasteiger partial charge in [0.2, 0.25) is 0 Å². The molecular weight excluding hydrogens is 366 g/mol. The minimum Gasteiger partial charge on any atom is -0.465 e. The Balaban J connectivity index is 2.10. The van der Waals surface area contributed by atoms with Gasteiger partial charge in [-0.15, -0.1) is 0 Å². The average Bonchev–Trinajstić information content (AvgIpc) is 2.62. The van der Waals surface area contributed by atoms with E-state index in [9.17, 15) is 28.5 Å². The lowest BCUT2D eigenvalue weighted by Gasteiger charge is -2.11. The highest BCUT2D eigenvalue weighted by Gasteiger charge is 2.19. The number of hydrogen-bond donors (Lipinski definition) is 1. The van der Waals surface area contributed by atoms with E-state index in [1.54, 1.807) is 0 Å². The number of hydrogen-bond acceptors (Lipinski definition) is 6. The summed E-state index contributed by atoms with van der Waals surface area (Å²) < 4.78 is 36.1. The SMILES string of the molecule is COC(=O)c1cc(F)c(F)cc1NC(=O)OCc1ccc([N+](=O)[O-])c(C)c1. The third kappa shape index (κ3) is 4.75. The van der Waals surface area contributed by atoms with E-state index in [1.165, 1.54) is 25.1 Å². The topological polar surface area (TPSA) is 108 Å². The van der Waals surface area contributed by atoms with Gasteiger partial charge in [0.1, 0.15) is 6.61 Å². The van der Waals surface area contributed by atoms with Crippen molar-refractivity contribution in [2.45, 2.75) is 13.5 Å². The molecule has 0 aromatic heterocycles. The molecule has 0 heterocycles. The van der Waals surface area contributed by atoms with Crippen molar-refractivity contribution in [1.82, 2.24) is 0 Å². The summed E-state index contributed by atoms with van der Waals surface area (Å²) in [6.45, 7) is 1.30. The summed E-state index contributed by atoms with van der Waals surface area (Å²) in [5.41, 5.74) is 0.0692. The average molecular weight is 380 g/mol. The molecule has 0 aliphatic rings. The van der Waals surface area contributed by atoms with Crippen LogP contribution in [0.1, 0.15) is 21.5 Å². The van der Waals surface area contributed by atoms with E-state index in [-0.39, 0.29) is 23.5 Å². The number of aryl methyl sites for hydroxylation is 1. The van der Waals surface area contributed by atoms with Crippen molar-refractivity contribution in [3.8, 4) is 0 Å². The maximum atomic E-state index is 13.4. The highest BCUT2D eigenvalue weighted by atomic mass is 19.2. The van der Waals surface area contributed by atoms with Crippen LogP contribution < -0.4 is 5.32 Å². The minimum absolute atomic E-state index is 0.0762. The number of nitro groups is 1. The first-order valence-electron chi connectivity index (χ1n) is 7.48. The Kier molecular flexibility index (Phi) is 6.01. The van der Waals surface area contributed by atoms with Gasteiger partial charge in [-0.1, -0.05) is 0 Å². The summed E-state index contributed by atoms with van der Waals surface area (Å²) in [6, 6.07) is 5.38. The minimum atomic E-state index is -1.28. The first-order valence-corrected chi connectivity index (χ1v) is 7.48. The van der Waals surface area contributed by atoms with E-state index in [4.69, 9.17) is 4.74 Å². The van der Waals surface area contributed by atoms with Crippen LogP contribution in [0.25, 0.3) is 0 Å². The predicted octanol–water partition coefficient (Wildman–Crippen LogP) is 3.72. The van der Waals surface area contributed by atoms with Gasteiger partial charge in [0.25, 0.3) is 5.69 Å². The third-order valence-electron chi connectivity index (χ3n) is 3.53. The molecule has 1 N–H and O–H groups in total. The number of carbonyl (C=O) groups is 2. The van der Waals surface area contributed by atoms with Crippen molar-refractivity contribution in [2.75, 3.05) is 12.4 Å². The maximum Gasteiger partial charge on any atom is 0.411 e. The van der Waals surface area contributed by atoms with E-state index >= 15 is 0 Å². The van der Waals surface area contributed by atoms with Crippen LogP contribution in [-0.2, 0) is 16.1 Å². The van der Waals surface area contributed by atoms with Crippen molar-refractivity contribution in [1.29, 1.82) is 0 Å². The second kappa shape index (κ2) is 8.21. The van der Waals surface area contributed by atoms with Gasteiger partial charge in [-0.3, -0.25) is 15.4 Å². The molecule has 0 aliphatic carbocycles. The van der Waals surface area contributed by atoms with E-state index in [2.05, 4.69) is 10.1 Å². The first-order chi connectivity index (χ1) is 12.7. The molecule has 0 spiro atoms. The van der Waals surface area contributed by atoms with Crippen LogP contribution in [0.5, 0.6) is 0 Å². The zero-order valence-electron chi connectivity index (χ0n) is 14.2. The Morgan fingerprint density at radius 2 is 1.85 bits per heavy atom. The number of ether oxygens (including phenoxy) is 2. The molecule has 0 bridgehead atoms. The summed E-state index contributed by atoms with van der Waals surface area (Å²) in [6.07, 6.45) is -1.04. The number of halogens is 2. The summed E-state index contributed by atoms with van der Waals surface area (Å²) in [5.74, 6) is -3.53. The number of rotatable bonds is 5. The molecule has 10 heteroatoms. The van der Waals surface area contributed by atoms with E-state index < -0.39 is 28.6 Å². The highest BCUT2D eigenvalue weighted by molar-refractivity contribution is 5.99. The molecule has 0 saturated heterocycles. The Morgan fingerprint density at radius 1 is 1.19 bits per heavy atom. The fourth-order valence-electron chi connectivity index (χ4n) is 2.24. The van der Waals surface area contributed by atoms with Gasteiger partial charge in [0.15, 0.2) is 11.6 Å². The number of esters is 1. The van der Waals surface area contributed by atoms with Gasteiger partial charge in [0.05, 0.1) is 23.3 Å². The van der Waals surface area contributed by atoms with Crippen LogP contribution in [0, 0.1) is 28.7 Å². The standard InChI is InChI=1S/C17H14F2N2O6/c1-9-5-10(3-4-15(9)21(24)25)8-27-17(23)20-14-7-13(19)12(18)6-11(14)16(22)26-2/h3-7H,8H2,1-2H3,(H,20,23). The zero-order chi connectivity index (χ0) is 20.1. The number of amides is 1. The van der Waals surface area contributed by atoms with Crippen LogP contribution in [-0.4, -0.2) is 24.1 Å². The molecule has 1 amide bonds. The number of carbonyl (C=O) groups excluding carboxylic acids is 2. The number of anilines is 1. The normalized spacial score (nSPS) is 10.2. The van der Waals surface area contributed by atoms with Gasteiger partial charge in [-0.05, 0) is 30.7 Å². The quantitative estimate of drug-likeness (QED) is 0.481. The fourth-order valence-corrected chi connectivity index (χ4v) is 2.24. The molecule has 2 aromatic rings. The van der Waals surface area contributed by atoms with Crippen LogP contribution in [0.3, 0.4) is 0 Å². The number of nitrogens with one attached hydrogen (secondary N) is 1. The molecule has 142 valence electrons. The van der Waals surface area contributed by atoms with Crippen molar-refractivity contribution in [3.63, 3.8) is 0 Å². The number of nitro benzene ring substituents is 1. The Hall–Kier alpha value is -3.56. The van der Waals surface area contributed by atoms with Gasteiger partial charge < -0.3 is 9.47 Å². The Bertz CT molecular complexity index is 917. The second-order valence-corrected chi connectivity index (χ2v) is 5.38.